The molecular formula is C14H21NO3. The van der Waals surface area contributed by atoms with Gasteiger partial charge < -0.3 is 15.2 Å². The van der Waals surface area contributed by atoms with E-state index in [1.54, 1.807) is 7.11 Å². The van der Waals surface area contributed by atoms with Crippen LogP contribution < -0.4 is 5.32 Å². The van der Waals surface area contributed by atoms with Crippen molar-refractivity contribution in [3.8, 4) is 0 Å². The lowest BCUT2D eigenvalue weighted by molar-refractivity contribution is -0.121. The van der Waals surface area contributed by atoms with Crippen molar-refractivity contribution in [3.63, 3.8) is 0 Å². The van der Waals surface area contributed by atoms with Crippen LogP contribution in [0.25, 0.3) is 0 Å². The van der Waals surface area contributed by atoms with Gasteiger partial charge in [0.2, 0.25) is 5.91 Å². The highest BCUT2D eigenvalue weighted by atomic mass is 16.5. The van der Waals surface area contributed by atoms with E-state index in [0.717, 1.165) is 17.5 Å². The number of carbonyl (C=O) groups is 1. The third-order valence-corrected chi connectivity index (χ3v) is 2.60. The van der Waals surface area contributed by atoms with Crippen LogP contribution in [-0.2, 0) is 22.7 Å². The van der Waals surface area contributed by atoms with Gasteiger partial charge in [-0.2, -0.15) is 0 Å². The van der Waals surface area contributed by atoms with Gasteiger partial charge in [0.05, 0.1) is 6.61 Å². The van der Waals surface area contributed by atoms with Gasteiger partial charge in [0, 0.05) is 26.7 Å². The molecule has 1 amide bonds. The van der Waals surface area contributed by atoms with Crippen molar-refractivity contribution < 1.29 is 14.6 Å². The summed E-state index contributed by atoms with van der Waals surface area (Å²) in [6.45, 7) is 1.26. The highest BCUT2D eigenvalue weighted by Gasteiger charge is 2.01. The lowest BCUT2D eigenvalue weighted by atomic mass is 10.1. The van der Waals surface area contributed by atoms with Gasteiger partial charge in [-0.15, -0.1) is 0 Å². The van der Waals surface area contributed by atoms with Crippen LogP contribution in [0.2, 0.25) is 0 Å². The number of aliphatic hydroxyl groups is 1. The maximum atomic E-state index is 11.5. The van der Waals surface area contributed by atoms with Crippen molar-refractivity contribution in [2.24, 2.45) is 0 Å². The summed E-state index contributed by atoms with van der Waals surface area (Å²) in [7, 11) is 1.66. The average Bonchev–Trinajstić information content (AvgIpc) is 2.38. The monoisotopic (exact) mass is 251 g/mol. The van der Waals surface area contributed by atoms with Crippen LogP contribution in [0.4, 0.5) is 0 Å². The van der Waals surface area contributed by atoms with Gasteiger partial charge >= 0.3 is 0 Å². The predicted molar refractivity (Wildman–Crippen MR) is 69.9 cm³/mol. The van der Waals surface area contributed by atoms with E-state index in [9.17, 15) is 4.79 Å². The topological polar surface area (TPSA) is 58.6 Å². The van der Waals surface area contributed by atoms with Crippen molar-refractivity contribution in [2.75, 3.05) is 13.7 Å². The highest BCUT2D eigenvalue weighted by Crippen LogP contribution is 2.06. The molecule has 4 heteroatoms. The number of unbranched alkanes of at least 4 members (excludes halogenated alkanes) is 1. The van der Waals surface area contributed by atoms with Crippen molar-refractivity contribution in [1.29, 1.82) is 0 Å². The minimum Gasteiger partial charge on any atom is -0.396 e. The van der Waals surface area contributed by atoms with Crippen LogP contribution in [0.1, 0.15) is 30.4 Å². The Labute approximate surface area is 108 Å². The fraction of sp³-hybridized carbons (Fsp3) is 0.500. The fourth-order valence-electron chi connectivity index (χ4n) is 1.68. The summed E-state index contributed by atoms with van der Waals surface area (Å²) in [6, 6.07) is 7.96. The summed E-state index contributed by atoms with van der Waals surface area (Å²) < 4.78 is 5.06. The maximum absolute atomic E-state index is 11.5. The summed E-state index contributed by atoms with van der Waals surface area (Å²) in [6.07, 6.45) is 1.88. The number of ether oxygens (including phenoxy) is 1. The lowest BCUT2D eigenvalue weighted by Crippen LogP contribution is -2.22. The van der Waals surface area contributed by atoms with E-state index in [0.29, 0.717) is 26.0 Å². The number of amides is 1. The average molecular weight is 251 g/mol. The van der Waals surface area contributed by atoms with Crippen LogP contribution >= 0.6 is 0 Å². The molecule has 0 unspecified atom stereocenters. The molecule has 0 aromatic heterocycles. The quantitative estimate of drug-likeness (QED) is 0.690. The van der Waals surface area contributed by atoms with Crippen molar-refractivity contribution in [2.45, 2.75) is 32.4 Å². The molecular weight excluding hydrogens is 230 g/mol. The summed E-state index contributed by atoms with van der Waals surface area (Å²) in [5.41, 5.74) is 2.17. The van der Waals surface area contributed by atoms with Gasteiger partial charge in [-0.3, -0.25) is 4.79 Å². The molecule has 1 rings (SSSR count). The number of methoxy groups -OCH3 is 1. The van der Waals surface area contributed by atoms with E-state index >= 15 is 0 Å². The molecule has 0 radical (unpaired) electrons. The SMILES string of the molecule is COCc1cccc(CNC(=O)CCCCO)c1. The molecule has 0 bridgehead atoms. The molecule has 0 aliphatic heterocycles. The van der Waals surface area contributed by atoms with Crippen LogP contribution in [0.5, 0.6) is 0 Å². The highest BCUT2D eigenvalue weighted by molar-refractivity contribution is 5.75. The predicted octanol–water partition coefficient (Wildman–Crippen LogP) is 1.61. The fourth-order valence-corrected chi connectivity index (χ4v) is 1.68. The second-order valence-electron chi connectivity index (χ2n) is 4.21. The van der Waals surface area contributed by atoms with E-state index in [4.69, 9.17) is 9.84 Å². The molecule has 1 aromatic carbocycles. The number of aliphatic hydroxyl groups excluding tert-OH is 1. The molecule has 0 fully saturated rings. The van der Waals surface area contributed by atoms with Crippen LogP contribution in [-0.4, -0.2) is 24.7 Å². The minimum atomic E-state index is 0.0283. The summed E-state index contributed by atoms with van der Waals surface area (Å²) >= 11 is 0. The van der Waals surface area contributed by atoms with Gasteiger partial charge in [0.25, 0.3) is 0 Å². The largest absolute Gasteiger partial charge is 0.396 e. The van der Waals surface area contributed by atoms with Crippen molar-refractivity contribution >= 4 is 5.91 Å². The standard InChI is InChI=1S/C14H21NO3/c1-18-11-13-6-4-5-12(9-13)10-15-14(17)7-2-3-8-16/h4-6,9,16H,2-3,7-8,10-11H2,1H3,(H,15,17). The Hall–Kier alpha value is -1.39. The number of benzene rings is 1. The number of carbonyl (C=O) groups excluding carboxylic acids is 1. The van der Waals surface area contributed by atoms with E-state index in [1.807, 2.05) is 24.3 Å². The Morgan fingerprint density at radius 2 is 2.11 bits per heavy atom. The third kappa shape index (κ3) is 5.80. The van der Waals surface area contributed by atoms with Gasteiger partial charge in [-0.05, 0) is 24.0 Å². The Morgan fingerprint density at radius 1 is 1.33 bits per heavy atom. The van der Waals surface area contributed by atoms with E-state index in [1.165, 1.54) is 0 Å². The van der Waals surface area contributed by atoms with Crippen molar-refractivity contribution in [1.82, 2.24) is 5.32 Å². The van der Waals surface area contributed by atoms with E-state index < -0.39 is 0 Å². The van der Waals surface area contributed by atoms with Gasteiger partial charge in [0.1, 0.15) is 0 Å². The van der Waals surface area contributed by atoms with Crippen LogP contribution in [0, 0.1) is 0 Å². The summed E-state index contributed by atoms with van der Waals surface area (Å²) in [4.78, 5) is 11.5. The molecule has 1 aromatic rings. The number of hydrogen-bond acceptors (Lipinski definition) is 3. The second-order valence-corrected chi connectivity index (χ2v) is 4.21. The number of rotatable bonds is 8. The minimum absolute atomic E-state index is 0.0283. The Bertz CT molecular complexity index is 366. The molecule has 0 heterocycles. The molecule has 4 nitrogen and oxygen atoms in total. The molecule has 0 spiro atoms. The zero-order chi connectivity index (χ0) is 13.2. The first-order valence-corrected chi connectivity index (χ1v) is 6.20. The molecule has 0 saturated heterocycles. The molecule has 100 valence electrons. The Kier molecular flexibility index (Phi) is 7.06. The zero-order valence-corrected chi connectivity index (χ0v) is 10.8. The number of nitrogens with one attached hydrogen (secondary N) is 1. The Balaban J connectivity index is 2.33. The molecule has 18 heavy (non-hydrogen) atoms. The summed E-state index contributed by atoms with van der Waals surface area (Å²) in [5.74, 6) is 0.0283. The first-order valence-electron chi connectivity index (χ1n) is 6.20. The third-order valence-electron chi connectivity index (χ3n) is 2.60. The van der Waals surface area contributed by atoms with Crippen LogP contribution in [0.3, 0.4) is 0 Å². The number of hydrogen-bond donors (Lipinski definition) is 2. The second kappa shape index (κ2) is 8.66. The van der Waals surface area contributed by atoms with Crippen molar-refractivity contribution in [3.05, 3.63) is 35.4 Å². The maximum Gasteiger partial charge on any atom is 0.220 e. The Morgan fingerprint density at radius 3 is 2.83 bits per heavy atom. The first-order chi connectivity index (χ1) is 8.76. The van der Waals surface area contributed by atoms with Gasteiger partial charge in [-0.1, -0.05) is 24.3 Å². The van der Waals surface area contributed by atoms with Gasteiger partial charge in [0.15, 0.2) is 0 Å². The zero-order valence-electron chi connectivity index (χ0n) is 10.8. The molecule has 0 aliphatic carbocycles. The smallest absolute Gasteiger partial charge is 0.220 e. The molecule has 0 atom stereocenters. The lowest BCUT2D eigenvalue weighted by Gasteiger charge is -2.07. The van der Waals surface area contributed by atoms with Crippen LogP contribution in [0.15, 0.2) is 24.3 Å². The normalized spacial score (nSPS) is 10.3. The molecule has 0 saturated carbocycles. The van der Waals surface area contributed by atoms with Gasteiger partial charge in [-0.25, -0.2) is 0 Å². The summed E-state index contributed by atoms with van der Waals surface area (Å²) in [5, 5.41) is 11.5. The molecule has 0 aliphatic rings. The first kappa shape index (κ1) is 14.7. The molecule has 2 N–H and O–H groups in total. The van der Waals surface area contributed by atoms with E-state index in [2.05, 4.69) is 5.32 Å². The van der Waals surface area contributed by atoms with E-state index in [-0.39, 0.29) is 12.5 Å².